The minimum absolute atomic E-state index is 0.00731. The zero-order valence-corrected chi connectivity index (χ0v) is 13.2. The molecule has 0 radical (unpaired) electrons. The maximum atomic E-state index is 12.1. The van der Waals surface area contributed by atoms with E-state index in [0.29, 0.717) is 17.0 Å². The molecule has 0 aliphatic carbocycles. The van der Waals surface area contributed by atoms with Crippen molar-refractivity contribution < 1.29 is 27.5 Å². The molecule has 2 amide bonds. The van der Waals surface area contributed by atoms with E-state index < -0.39 is 18.4 Å². The fourth-order valence-electron chi connectivity index (χ4n) is 1.79. The zero-order chi connectivity index (χ0) is 18.2. The molecule has 1 aromatic carbocycles. The van der Waals surface area contributed by atoms with Gasteiger partial charge in [0, 0.05) is 0 Å². The quantitative estimate of drug-likeness (QED) is 0.473. The number of benzene rings is 1. The number of furan rings is 1. The molecule has 0 spiro atoms. The molecule has 25 heavy (non-hydrogen) atoms. The molecular weight excluding hydrogens is 336 g/mol. The molecule has 2 rings (SSSR count). The first-order valence-corrected chi connectivity index (χ1v) is 7.16. The summed E-state index contributed by atoms with van der Waals surface area (Å²) in [7, 11) is 0. The first kappa shape index (κ1) is 18.1. The summed E-state index contributed by atoms with van der Waals surface area (Å²) in [5, 5.41) is 6.17. The summed E-state index contributed by atoms with van der Waals surface area (Å²) >= 11 is 0. The number of halogens is 2. The number of carbonyl (C=O) groups is 2. The summed E-state index contributed by atoms with van der Waals surface area (Å²) in [6, 6.07) is 9.00. The number of hydrogen-bond donors (Lipinski definition) is 2. The smallest absolute Gasteiger partial charge is 0.387 e. The molecule has 9 heteroatoms. The highest BCUT2D eigenvalue weighted by molar-refractivity contribution is 6.35. The van der Waals surface area contributed by atoms with Gasteiger partial charge in [0.15, 0.2) is 0 Å². The number of carbonyl (C=O) groups excluding carboxylic acids is 2. The normalized spacial score (nSPS) is 11.3. The Labute approximate surface area is 141 Å². The first-order valence-electron chi connectivity index (χ1n) is 7.16. The maximum absolute atomic E-state index is 12.1. The van der Waals surface area contributed by atoms with Crippen molar-refractivity contribution in [1.82, 2.24) is 10.7 Å². The number of nitrogens with one attached hydrogen (secondary N) is 2. The van der Waals surface area contributed by atoms with E-state index in [1.165, 1.54) is 30.5 Å². The second-order valence-corrected chi connectivity index (χ2v) is 4.80. The van der Waals surface area contributed by atoms with Crippen molar-refractivity contribution in [2.75, 3.05) is 0 Å². The second kappa shape index (κ2) is 8.57. The summed E-state index contributed by atoms with van der Waals surface area (Å²) in [6.07, 6.45) is 1.45. The van der Waals surface area contributed by atoms with Crippen LogP contribution in [0.15, 0.2) is 52.2 Å². The number of hydrazone groups is 1. The van der Waals surface area contributed by atoms with Gasteiger partial charge in [-0.15, -0.1) is 0 Å². The first-order chi connectivity index (χ1) is 12.0. The Kier molecular flexibility index (Phi) is 6.21. The van der Waals surface area contributed by atoms with E-state index in [4.69, 9.17) is 4.42 Å². The fraction of sp³-hybridized carbons (Fsp3) is 0.188. The number of rotatable bonds is 6. The molecule has 2 aromatic rings. The van der Waals surface area contributed by atoms with Gasteiger partial charge >= 0.3 is 18.4 Å². The molecular formula is C16H15F2N3O4. The van der Waals surface area contributed by atoms with Crippen LogP contribution in [0.2, 0.25) is 0 Å². The van der Waals surface area contributed by atoms with Crippen LogP contribution in [-0.4, -0.2) is 24.1 Å². The Bertz CT molecular complexity index is 743. The molecule has 0 bridgehead atoms. The van der Waals surface area contributed by atoms with Crippen molar-refractivity contribution in [2.45, 2.75) is 20.1 Å². The number of hydrogen-bond acceptors (Lipinski definition) is 5. The van der Waals surface area contributed by atoms with Crippen LogP contribution in [0.25, 0.3) is 0 Å². The topological polar surface area (TPSA) is 92.9 Å². The molecule has 0 saturated heterocycles. The predicted molar refractivity (Wildman–Crippen MR) is 84.0 cm³/mol. The third kappa shape index (κ3) is 5.72. The van der Waals surface area contributed by atoms with Crippen LogP contribution in [0.3, 0.4) is 0 Å². The zero-order valence-electron chi connectivity index (χ0n) is 13.2. The Morgan fingerprint density at radius 1 is 1.20 bits per heavy atom. The minimum Gasteiger partial charge on any atom is -0.467 e. The predicted octanol–water partition coefficient (Wildman–Crippen LogP) is 2.04. The van der Waals surface area contributed by atoms with E-state index in [-0.39, 0.29) is 12.3 Å². The van der Waals surface area contributed by atoms with Crippen molar-refractivity contribution in [3.8, 4) is 5.75 Å². The Morgan fingerprint density at radius 3 is 2.52 bits per heavy atom. The van der Waals surface area contributed by atoms with Crippen molar-refractivity contribution in [3.05, 3.63) is 54.0 Å². The lowest BCUT2D eigenvalue weighted by Crippen LogP contribution is -2.37. The number of alkyl halides is 2. The van der Waals surface area contributed by atoms with Gasteiger partial charge in [0.2, 0.25) is 0 Å². The van der Waals surface area contributed by atoms with Crippen LogP contribution < -0.4 is 15.5 Å². The average Bonchev–Trinajstić information content (AvgIpc) is 3.10. The molecule has 132 valence electrons. The van der Waals surface area contributed by atoms with Crippen molar-refractivity contribution in [1.29, 1.82) is 0 Å². The third-order valence-corrected chi connectivity index (χ3v) is 3.03. The van der Waals surface area contributed by atoms with Gasteiger partial charge in [-0.25, -0.2) is 5.43 Å². The van der Waals surface area contributed by atoms with Crippen LogP contribution in [-0.2, 0) is 16.1 Å². The van der Waals surface area contributed by atoms with Gasteiger partial charge in [0.1, 0.15) is 11.5 Å². The molecule has 0 saturated carbocycles. The number of ether oxygens (including phenoxy) is 1. The van der Waals surface area contributed by atoms with E-state index in [2.05, 4.69) is 20.6 Å². The van der Waals surface area contributed by atoms with Crippen LogP contribution in [0.5, 0.6) is 5.75 Å². The van der Waals surface area contributed by atoms with E-state index in [1.54, 1.807) is 19.1 Å². The van der Waals surface area contributed by atoms with Crippen LogP contribution in [0, 0.1) is 0 Å². The molecule has 1 heterocycles. The van der Waals surface area contributed by atoms with Gasteiger partial charge in [-0.2, -0.15) is 13.9 Å². The molecule has 0 atom stereocenters. The minimum atomic E-state index is -2.90. The SMILES string of the molecule is C/C(=N/NC(=O)C(=O)NCc1ccco1)c1ccc(OC(F)F)cc1. The standard InChI is InChI=1S/C16H15F2N3O4/c1-10(11-4-6-12(7-5-11)25-16(17)18)20-21-15(23)14(22)19-9-13-3-2-8-24-13/h2-8,16H,9H2,1H3,(H,19,22)(H,21,23)/b20-10-. The Hall–Kier alpha value is -3.23. The largest absolute Gasteiger partial charge is 0.467 e. The van der Waals surface area contributed by atoms with Crippen LogP contribution in [0.1, 0.15) is 18.2 Å². The lowest BCUT2D eigenvalue weighted by molar-refractivity contribution is -0.139. The lowest BCUT2D eigenvalue weighted by Gasteiger charge is -2.06. The Morgan fingerprint density at radius 2 is 1.92 bits per heavy atom. The van der Waals surface area contributed by atoms with Gasteiger partial charge in [0.05, 0.1) is 18.5 Å². The number of amides is 2. The summed E-state index contributed by atoms with van der Waals surface area (Å²) in [4.78, 5) is 23.3. The van der Waals surface area contributed by atoms with Gasteiger partial charge in [0.25, 0.3) is 0 Å². The van der Waals surface area contributed by atoms with E-state index in [9.17, 15) is 18.4 Å². The van der Waals surface area contributed by atoms with Crippen molar-refractivity contribution in [3.63, 3.8) is 0 Å². The summed E-state index contributed by atoms with van der Waals surface area (Å²) < 4.78 is 33.4. The van der Waals surface area contributed by atoms with E-state index >= 15 is 0 Å². The average molecular weight is 351 g/mol. The molecule has 2 N–H and O–H groups in total. The van der Waals surface area contributed by atoms with Gasteiger partial charge in [-0.1, -0.05) is 0 Å². The molecule has 0 unspecified atom stereocenters. The fourth-order valence-corrected chi connectivity index (χ4v) is 1.79. The van der Waals surface area contributed by atoms with Gasteiger partial charge in [-0.3, -0.25) is 9.59 Å². The molecule has 0 fully saturated rings. The van der Waals surface area contributed by atoms with Crippen molar-refractivity contribution >= 4 is 17.5 Å². The molecule has 1 aromatic heterocycles. The monoisotopic (exact) mass is 351 g/mol. The summed E-state index contributed by atoms with van der Waals surface area (Å²) in [5.41, 5.74) is 3.07. The van der Waals surface area contributed by atoms with Crippen molar-refractivity contribution in [2.24, 2.45) is 5.10 Å². The summed E-state index contributed by atoms with van der Waals surface area (Å²) in [6.45, 7) is -1.24. The highest BCUT2D eigenvalue weighted by atomic mass is 19.3. The molecule has 7 nitrogen and oxygen atoms in total. The lowest BCUT2D eigenvalue weighted by atomic mass is 10.1. The van der Waals surface area contributed by atoms with Gasteiger partial charge < -0.3 is 14.5 Å². The second-order valence-electron chi connectivity index (χ2n) is 4.80. The van der Waals surface area contributed by atoms with E-state index in [1.807, 2.05) is 0 Å². The molecule has 0 aliphatic rings. The van der Waals surface area contributed by atoms with Crippen LogP contribution >= 0.6 is 0 Å². The highest BCUT2D eigenvalue weighted by Gasteiger charge is 2.13. The summed E-state index contributed by atoms with van der Waals surface area (Å²) in [5.74, 6) is -1.29. The highest BCUT2D eigenvalue weighted by Crippen LogP contribution is 2.15. The van der Waals surface area contributed by atoms with Gasteiger partial charge in [-0.05, 0) is 48.9 Å². The Balaban J connectivity index is 1.86. The maximum Gasteiger partial charge on any atom is 0.387 e. The molecule has 0 aliphatic heterocycles. The van der Waals surface area contributed by atoms with E-state index in [0.717, 1.165) is 0 Å². The third-order valence-electron chi connectivity index (χ3n) is 3.03. The van der Waals surface area contributed by atoms with Crippen LogP contribution in [0.4, 0.5) is 8.78 Å². The number of nitrogens with zero attached hydrogens (tertiary/aromatic N) is 1.